The van der Waals surface area contributed by atoms with Crippen LogP contribution in [0.5, 0.6) is 0 Å². The first kappa shape index (κ1) is 15.7. The van der Waals surface area contributed by atoms with Crippen molar-refractivity contribution < 1.29 is 18.3 Å². The van der Waals surface area contributed by atoms with Crippen molar-refractivity contribution in [3.63, 3.8) is 0 Å². The molecule has 0 bridgehead atoms. The Morgan fingerprint density at radius 2 is 2.10 bits per heavy atom. The summed E-state index contributed by atoms with van der Waals surface area (Å²) in [5, 5.41) is 2.69. The van der Waals surface area contributed by atoms with Gasteiger partial charge in [-0.3, -0.25) is 4.79 Å². The fourth-order valence-corrected chi connectivity index (χ4v) is 2.31. The minimum Gasteiger partial charge on any atom is -0.380 e. The van der Waals surface area contributed by atoms with Crippen LogP contribution in [-0.2, 0) is 4.74 Å². The number of anilines is 1. The van der Waals surface area contributed by atoms with Crippen LogP contribution in [0.25, 0.3) is 0 Å². The molecule has 1 amide bonds. The normalized spacial score (nSPS) is 18.7. The van der Waals surface area contributed by atoms with Gasteiger partial charge in [0.2, 0.25) is 0 Å². The van der Waals surface area contributed by atoms with E-state index < -0.39 is 11.6 Å². The number of nitrogens with one attached hydrogen (secondary N) is 1. The van der Waals surface area contributed by atoms with E-state index in [2.05, 4.69) is 5.32 Å². The number of ether oxygens (including phenoxy) is 1. The van der Waals surface area contributed by atoms with E-state index in [1.54, 1.807) is 4.90 Å². The van der Waals surface area contributed by atoms with Crippen LogP contribution in [0.2, 0.25) is 0 Å². The summed E-state index contributed by atoms with van der Waals surface area (Å²) in [4.78, 5) is 13.9. The van der Waals surface area contributed by atoms with Gasteiger partial charge in [-0.05, 0) is 25.5 Å². The van der Waals surface area contributed by atoms with Crippen molar-refractivity contribution >= 4 is 11.6 Å². The van der Waals surface area contributed by atoms with Gasteiger partial charge in [0.1, 0.15) is 17.3 Å². The number of morpholine rings is 1. The summed E-state index contributed by atoms with van der Waals surface area (Å²) < 4.78 is 33.2. The zero-order valence-corrected chi connectivity index (χ0v) is 12.3. The molecule has 1 N–H and O–H groups in total. The van der Waals surface area contributed by atoms with Crippen molar-refractivity contribution in [2.24, 2.45) is 0 Å². The molecule has 21 heavy (non-hydrogen) atoms. The van der Waals surface area contributed by atoms with Crippen LogP contribution >= 0.6 is 0 Å². The third kappa shape index (κ3) is 3.50. The Labute approximate surface area is 123 Å². The first-order chi connectivity index (χ1) is 10.0. The molecule has 0 spiro atoms. The van der Waals surface area contributed by atoms with E-state index >= 15 is 0 Å². The second kappa shape index (κ2) is 6.85. The molecule has 2 rings (SSSR count). The number of carbonyl (C=O) groups excluding carboxylic acids is 1. The molecule has 1 atom stereocenters. The van der Waals surface area contributed by atoms with E-state index in [1.165, 1.54) is 0 Å². The van der Waals surface area contributed by atoms with Gasteiger partial charge < -0.3 is 15.0 Å². The summed E-state index contributed by atoms with van der Waals surface area (Å²) in [6, 6.07) is 2.08. The minimum absolute atomic E-state index is 0.0285. The van der Waals surface area contributed by atoms with E-state index in [0.717, 1.165) is 18.6 Å². The second-order valence-corrected chi connectivity index (χ2v) is 5.16. The highest BCUT2D eigenvalue weighted by molar-refractivity contribution is 5.95. The van der Waals surface area contributed by atoms with Crippen molar-refractivity contribution in [1.82, 2.24) is 4.90 Å². The quantitative estimate of drug-likeness (QED) is 0.929. The van der Waals surface area contributed by atoms with Crippen molar-refractivity contribution in [1.29, 1.82) is 0 Å². The van der Waals surface area contributed by atoms with Crippen LogP contribution in [-0.4, -0.2) is 43.2 Å². The number of carbonyl (C=O) groups is 1. The molecule has 0 radical (unpaired) electrons. The van der Waals surface area contributed by atoms with Crippen LogP contribution in [0.15, 0.2) is 12.1 Å². The number of halogens is 2. The van der Waals surface area contributed by atoms with Crippen molar-refractivity contribution in [2.75, 3.05) is 31.6 Å². The maximum absolute atomic E-state index is 14.0. The zero-order chi connectivity index (χ0) is 15.4. The van der Waals surface area contributed by atoms with E-state index in [-0.39, 0.29) is 23.2 Å². The minimum atomic E-state index is -0.743. The van der Waals surface area contributed by atoms with Crippen LogP contribution in [0.4, 0.5) is 14.5 Å². The Hall–Kier alpha value is -1.69. The van der Waals surface area contributed by atoms with Gasteiger partial charge in [-0.2, -0.15) is 0 Å². The lowest BCUT2D eigenvalue weighted by molar-refractivity contribution is 0.00355. The van der Waals surface area contributed by atoms with Crippen LogP contribution in [0.3, 0.4) is 0 Å². The summed E-state index contributed by atoms with van der Waals surface area (Å²) in [5.74, 6) is -1.86. The molecule has 0 aliphatic carbocycles. The lowest BCUT2D eigenvalue weighted by atomic mass is 10.1. The molecule has 6 heteroatoms. The first-order valence-corrected chi connectivity index (χ1v) is 7.16. The standard InChI is InChI=1S/C15H20F2N2O2/c1-3-4-18-14-12(16)7-11(8-13(14)17)15(20)19-5-6-21-9-10(19)2/h7-8,10,18H,3-6,9H2,1-2H3. The molecule has 1 aromatic rings. The fourth-order valence-electron chi connectivity index (χ4n) is 2.31. The first-order valence-electron chi connectivity index (χ1n) is 7.16. The van der Waals surface area contributed by atoms with Crippen molar-refractivity contribution in [3.05, 3.63) is 29.3 Å². The maximum Gasteiger partial charge on any atom is 0.254 e. The van der Waals surface area contributed by atoms with Crippen LogP contribution in [0, 0.1) is 11.6 Å². The molecule has 4 nitrogen and oxygen atoms in total. The molecule has 1 saturated heterocycles. The molecule has 1 aromatic carbocycles. The van der Waals surface area contributed by atoms with Gasteiger partial charge >= 0.3 is 0 Å². The zero-order valence-electron chi connectivity index (χ0n) is 12.3. The van der Waals surface area contributed by atoms with Gasteiger partial charge in [-0.1, -0.05) is 6.92 Å². The third-order valence-electron chi connectivity index (χ3n) is 3.47. The molecule has 0 saturated carbocycles. The Bertz CT molecular complexity index is 499. The van der Waals surface area contributed by atoms with E-state index in [0.29, 0.717) is 26.3 Å². The average Bonchev–Trinajstić information content (AvgIpc) is 2.46. The van der Waals surface area contributed by atoms with Crippen LogP contribution in [0.1, 0.15) is 30.6 Å². The molecule has 1 aliphatic rings. The predicted molar refractivity (Wildman–Crippen MR) is 76.5 cm³/mol. The topological polar surface area (TPSA) is 41.6 Å². The predicted octanol–water partition coefficient (Wildman–Crippen LogP) is 2.65. The Kier molecular flexibility index (Phi) is 5.12. The van der Waals surface area contributed by atoms with E-state index in [4.69, 9.17) is 4.74 Å². The van der Waals surface area contributed by atoms with Gasteiger partial charge in [0.15, 0.2) is 0 Å². The van der Waals surface area contributed by atoms with Gasteiger partial charge in [0.25, 0.3) is 5.91 Å². The summed E-state index contributed by atoms with van der Waals surface area (Å²) in [6.07, 6.45) is 0.755. The largest absolute Gasteiger partial charge is 0.380 e. The van der Waals surface area contributed by atoms with Crippen LogP contribution < -0.4 is 5.32 Å². The Balaban J connectivity index is 2.22. The Morgan fingerprint density at radius 1 is 1.43 bits per heavy atom. The molecule has 1 heterocycles. The average molecular weight is 298 g/mol. The highest BCUT2D eigenvalue weighted by Gasteiger charge is 2.26. The smallest absolute Gasteiger partial charge is 0.254 e. The molecule has 1 aliphatic heterocycles. The van der Waals surface area contributed by atoms with Gasteiger partial charge in [0, 0.05) is 18.7 Å². The Morgan fingerprint density at radius 3 is 2.67 bits per heavy atom. The molecule has 1 fully saturated rings. The number of hydrogen-bond donors (Lipinski definition) is 1. The number of amides is 1. The molecule has 0 aromatic heterocycles. The SMILES string of the molecule is CCCNc1c(F)cc(C(=O)N2CCOCC2C)cc1F. The molecule has 1 unspecified atom stereocenters. The highest BCUT2D eigenvalue weighted by atomic mass is 19.1. The lowest BCUT2D eigenvalue weighted by Gasteiger charge is -2.33. The lowest BCUT2D eigenvalue weighted by Crippen LogP contribution is -2.47. The molecular formula is C15H20F2N2O2. The summed E-state index contributed by atoms with van der Waals surface area (Å²) in [7, 11) is 0. The third-order valence-corrected chi connectivity index (χ3v) is 3.47. The number of rotatable bonds is 4. The number of nitrogens with zero attached hydrogens (tertiary/aromatic N) is 1. The number of benzene rings is 1. The summed E-state index contributed by atoms with van der Waals surface area (Å²) in [6.45, 7) is 5.53. The highest BCUT2D eigenvalue weighted by Crippen LogP contribution is 2.22. The van der Waals surface area contributed by atoms with Gasteiger partial charge in [-0.25, -0.2) is 8.78 Å². The molecule has 116 valence electrons. The van der Waals surface area contributed by atoms with Gasteiger partial charge in [0.05, 0.1) is 19.3 Å². The molecular weight excluding hydrogens is 278 g/mol. The second-order valence-electron chi connectivity index (χ2n) is 5.16. The van der Waals surface area contributed by atoms with Crippen molar-refractivity contribution in [3.8, 4) is 0 Å². The fraction of sp³-hybridized carbons (Fsp3) is 0.533. The van der Waals surface area contributed by atoms with Gasteiger partial charge in [-0.15, -0.1) is 0 Å². The summed E-state index contributed by atoms with van der Waals surface area (Å²) in [5.41, 5.74) is -0.149. The summed E-state index contributed by atoms with van der Waals surface area (Å²) >= 11 is 0. The number of hydrogen-bond acceptors (Lipinski definition) is 3. The van der Waals surface area contributed by atoms with Crippen molar-refractivity contribution in [2.45, 2.75) is 26.3 Å². The van der Waals surface area contributed by atoms with E-state index in [1.807, 2.05) is 13.8 Å². The monoisotopic (exact) mass is 298 g/mol. The van der Waals surface area contributed by atoms with E-state index in [9.17, 15) is 13.6 Å². The maximum atomic E-state index is 14.0.